The van der Waals surface area contributed by atoms with E-state index < -0.39 is 0 Å². The number of phenols is 1. The van der Waals surface area contributed by atoms with Gasteiger partial charge >= 0.3 is 5.97 Å². The number of aryl methyl sites for hydroxylation is 1. The molecule has 0 amide bonds. The second-order valence-electron chi connectivity index (χ2n) is 5.28. The number of hydrogen-bond acceptors (Lipinski definition) is 6. The Bertz CT molecular complexity index is 871. The molecular weight excluding hydrogens is 308 g/mol. The van der Waals surface area contributed by atoms with E-state index in [1.807, 2.05) is 0 Å². The van der Waals surface area contributed by atoms with E-state index in [1.54, 1.807) is 43.6 Å². The molecule has 0 radical (unpaired) electrons. The molecule has 0 aliphatic heterocycles. The molecular formula is C17H18N4O3. The zero-order chi connectivity index (χ0) is 17.1. The molecule has 2 aromatic heterocycles. The highest BCUT2D eigenvalue weighted by Crippen LogP contribution is 2.32. The second-order valence-corrected chi connectivity index (χ2v) is 5.28. The summed E-state index contributed by atoms with van der Waals surface area (Å²) in [5.41, 5.74) is 3.57. The Morgan fingerprint density at radius 1 is 1.25 bits per heavy atom. The summed E-state index contributed by atoms with van der Waals surface area (Å²) in [7, 11) is 0. The first-order valence-electron chi connectivity index (χ1n) is 7.66. The molecule has 0 fully saturated rings. The first kappa shape index (κ1) is 15.8. The molecule has 0 bridgehead atoms. The number of esters is 1. The van der Waals surface area contributed by atoms with Crippen LogP contribution >= 0.6 is 0 Å². The van der Waals surface area contributed by atoms with Crippen LogP contribution in [0.25, 0.3) is 22.4 Å². The number of fused-ring (bicyclic) bond motifs is 1. The van der Waals surface area contributed by atoms with Crippen molar-refractivity contribution in [3.05, 3.63) is 42.2 Å². The van der Waals surface area contributed by atoms with E-state index in [0.717, 1.165) is 16.8 Å². The lowest BCUT2D eigenvalue weighted by Crippen LogP contribution is -2.11. The van der Waals surface area contributed by atoms with Gasteiger partial charge in [-0.25, -0.2) is 9.66 Å². The Balaban J connectivity index is 2.09. The highest BCUT2D eigenvalue weighted by atomic mass is 16.5. The molecule has 0 atom stereocenters. The summed E-state index contributed by atoms with van der Waals surface area (Å²) >= 11 is 0. The standard InChI is InChI=1S/C17H18N4O3/c1-2-24-14(23)8-7-13-15-17(20-10-9-19-15)21(18)16(13)11-3-5-12(22)6-4-11/h3-6,9-10,22H,2,7-8,18H2,1H3. The monoisotopic (exact) mass is 326 g/mol. The number of hydrogen-bond donors (Lipinski definition) is 2. The van der Waals surface area contributed by atoms with Crippen molar-refractivity contribution in [2.75, 3.05) is 12.4 Å². The fraction of sp³-hybridized carbons (Fsp3) is 0.235. The summed E-state index contributed by atoms with van der Waals surface area (Å²) in [6, 6.07) is 6.70. The molecule has 0 aliphatic carbocycles. The summed E-state index contributed by atoms with van der Waals surface area (Å²) in [5.74, 6) is 6.11. The quantitative estimate of drug-likeness (QED) is 0.549. The Morgan fingerprint density at radius 2 is 1.96 bits per heavy atom. The van der Waals surface area contributed by atoms with Gasteiger partial charge in [-0.3, -0.25) is 9.78 Å². The summed E-state index contributed by atoms with van der Waals surface area (Å²) < 4.78 is 6.47. The van der Waals surface area contributed by atoms with Gasteiger partial charge in [0.25, 0.3) is 0 Å². The number of carbonyl (C=O) groups is 1. The number of phenolic OH excluding ortho intramolecular Hbond substituents is 1. The molecule has 0 saturated carbocycles. The van der Waals surface area contributed by atoms with E-state index in [9.17, 15) is 9.90 Å². The lowest BCUT2D eigenvalue weighted by atomic mass is 10.0. The van der Waals surface area contributed by atoms with Gasteiger partial charge in [0.15, 0.2) is 5.65 Å². The van der Waals surface area contributed by atoms with Gasteiger partial charge in [0.1, 0.15) is 11.3 Å². The molecule has 0 unspecified atom stereocenters. The molecule has 0 saturated heterocycles. The van der Waals surface area contributed by atoms with E-state index >= 15 is 0 Å². The lowest BCUT2D eigenvalue weighted by Gasteiger charge is -2.08. The van der Waals surface area contributed by atoms with Gasteiger partial charge in [0.2, 0.25) is 0 Å². The summed E-state index contributed by atoms with van der Waals surface area (Å²) in [6.45, 7) is 2.12. The van der Waals surface area contributed by atoms with Gasteiger partial charge < -0.3 is 15.7 Å². The Kier molecular flexibility index (Phi) is 4.33. The average molecular weight is 326 g/mol. The number of carbonyl (C=O) groups excluding carboxylic acids is 1. The van der Waals surface area contributed by atoms with Crippen LogP contribution < -0.4 is 5.84 Å². The molecule has 0 aliphatic rings. The van der Waals surface area contributed by atoms with Gasteiger partial charge in [0.05, 0.1) is 12.3 Å². The van der Waals surface area contributed by atoms with Gasteiger partial charge in [-0.15, -0.1) is 0 Å². The summed E-state index contributed by atoms with van der Waals surface area (Å²) in [4.78, 5) is 20.4. The molecule has 3 N–H and O–H groups in total. The molecule has 3 rings (SSSR count). The predicted octanol–water partition coefficient (Wildman–Crippen LogP) is 2.01. The highest BCUT2D eigenvalue weighted by molar-refractivity contribution is 5.87. The fourth-order valence-electron chi connectivity index (χ4n) is 2.71. The van der Waals surface area contributed by atoms with Gasteiger partial charge in [-0.05, 0) is 37.6 Å². The number of nitrogen functional groups attached to an aromatic ring is 1. The van der Waals surface area contributed by atoms with Crippen LogP contribution in [0, 0.1) is 0 Å². The first-order valence-corrected chi connectivity index (χ1v) is 7.66. The van der Waals surface area contributed by atoms with Crippen LogP contribution in [0.3, 0.4) is 0 Å². The zero-order valence-corrected chi connectivity index (χ0v) is 13.3. The van der Waals surface area contributed by atoms with Crippen LogP contribution in [0.15, 0.2) is 36.7 Å². The molecule has 7 nitrogen and oxygen atoms in total. The van der Waals surface area contributed by atoms with E-state index in [2.05, 4.69) is 9.97 Å². The maximum Gasteiger partial charge on any atom is 0.306 e. The van der Waals surface area contributed by atoms with Crippen LogP contribution in [-0.2, 0) is 16.0 Å². The molecule has 7 heteroatoms. The van der Waals surface area contributed by atoms with Crippen LogP contribution in [0.2, 0.25) is 0 Å². The maximum atomic E-state index is 11.7. The minimum Gasteiger partial charge on any atom is -0.508 e. The van der Waals surface area contributed by atoms with Crippen LogP contribution in [0.4, 0.5) is 0 Å². The third-order valence-electron chi connectivity index (χ3n) is 3.74. The lowest BCUT2D eigenvalue weighted by molar-refractivity contribution is -0.143. The largest absolute Gasteiger partial charge is 0.508 e. The van der Waals surface area contributed by atoms with Crippen molar-refractivity contribution < 1.29 is 14.6 Å². The van der Waals surface area contributed by atoms with Crippen molar-refractivity contribution in [3.8, 4) is 17.0 Å². The van der Waals surface area contributed by atoms with Crippen molar-refractivity contribution in [3.63, 3.8) is 0 Å². The van der Waals surface area contributed by atoms with E-state index in [1.165, 1.54) is 4.68 Å². The first-order chi connectivity index (χ1) is 11.6. The summed E-state index contributed by atoms with van der Waals surface area (Å²) in [6.07, 6.45) is 3.83. The third kappa shape index (κ3) is 2.88. The molecule has 2 heterocycles. The highest BCUT2D eigenvalue weighted by Gasteiger charge is 2.20. The Labute approximate surface area is 138 Å². The normalized spacial score (nSPS) is 10.9. The van der Waals surface area contributed by atoms with Gasteiger partial charge in [-0.2, -0.15) is 0 Å². The number of aromatic nitrogens is 3. The molecule has 24 heavy (non-hydrogen) atoms. The van der Waals surface area contributed by atoms with Gasteiger partial charge in [-0.1, -0.05) is 0 Å². The maximum absolute atomic E-state index is 11.7. The fourth-order valence-corrected chi connectivity index (χ4v) is 2.71. The van der Waals surface area contributed by atoms with E-state index in [4.69, 9.17) is 10.6 Å². The number of ether oxygens (including phenoxy) is 1. The van der Waals surface area contributed by atoms with Crippen LogP contribution in [0.1, 0.15) is 18.9 Å². The average Bonchev–Trinajstić information content (AvgIpc) is 2.87. The predicted molar refractivity (Wildman–Crippen MR) is 89.7 cm³/mol. The SMILES string of the molecule is CCOC(=O)CCc1c(-c2ccc(O)cc2)n(N)c2nccnc12. The second kappa shape index (κ2) is 6.57. The topological polar surface area (TPSA) is 103 Å². The van der Waals surface area contributed by atoms with Crippen molar-refractivity contribution in [1.82, 2.24) is 14.6 Å². The number of aromatic hydroxyl groups is 1. The zero-order valence-electron chi connectivity index (χ0n) is 13.3. The van der Waals surface area contributed by atoms with Crippen molar-refractivity contribution >= 4 is 17.1 Å². The number of nitrogens with two attached hydrogens (primary N) is 1. The van der Waals surface area contributed by atoms with Crippen molar-refractivity contribution in [2.45, 2.75) is 19.8 Å². The smallest absolute Gasteiger partial charge is 0.306 e. The third-order valence-corrected chi connectivity index (χ3v) is 3.74. The van der Waals surface area contributed by atoms with E-state index in [-0.39, 0.29) is 18.1 Å². The Hall–Kier alpha value is -3.09. The minimum absolute atomic E-state index is 0.169. The molecule has 1 aromatic carbocycles. The van der Waals surface area contributed by atoms with Crippen LogP contribution in [0.5, 0.6) is 5.75 Å². The number of nitrogens with zero attached hydrogens (tertiary/aromatic N) is 3. The van der Waals surface area contributed by atoms with Crippen molar-refractivity contribution in [1.29, 1.82) is 0 Å². The Morgan fingerprint density at radius 3 is 2.67 bits per heavy atom. The minimum atomic E-state index is -0.268. The molecule has 124 valence electrons. The van der Waals surface area contributed by atoms with Gasteiger partial charge in [0, 0.05) is 29.9 Å². The molecule has 0 spiro atoms. The molecule has 3 aromatic rings. The number of rotatable bonds is 5. The summed E-state index contributed by atoms with van der Waals surface area (Å²) in [5, 5.41) is 9.49. The van der Waals surface area contributed by atoms with E-state index in [0.29, 0.717) is 24.2 Å². The van der Waals surface area contributed by atoms with Crippen LogP contribution in [-0.4, -0.2) is 32.3 Å². The number of benzene rings is 1. The van der Waals surface area contributed by atoms with Crippen molar-refractivity contribution in [2.24, 2.45) is 0 Å².